The molecule has 12 heteroatoms. The zero-order valence-electron chi connectivity index (χ0n) is 17.3. The Hall–Kier alpha value is -2.46. The number of hydrogen-bond donors (Lipinski definition) is 0. The summed E-state index contributed by atoms with van der Waals surface area (Å²) in [6.07, 6.45) is -11.7. The summed E-state index contributed by atoms with van der Waals surface area (Å²) in [6.45, 7) is 2.49. The molecule has 0 saturated carbocycles. The van der Waals surface area contributed by atoms with Crippen LogP contribution in [0.5, 0.6) is 0 Å². The van der Waals surface area contributed by atoms with Gasteiger partial charge in [-0.1, -0.05) is 52.6 Å². The van der Waals surface area contributed by atoms with Crippen LogP contribution in [-0.2, 0) is 15.8 Å². The van der Waals surface area contributed by atoms with E-state index in [1.807, 2.05) is 0 Å². The van der Waals surface area contributed by atoms with E-state index in [2.05, 4.69) is 5.16 Å². The van der Waals surface area contributed by atoms with Crippen LogP contribution >= 0.6 is 23.2 Å². The second-order valence-electron chi connectivity index (χ2n) is 8.13. The standard InChI is InChI=1S/C22H16Cl2F6N2O2/c1-10(33)32-8-14(9-32)11-2-4-12(5-3-11)19-17(22(28,29)30)20(34-31-19)13-6-15(21(25,26)27)18(24)16(23)7-13/h2-7,14,17,20H,8-9H2,1H3. The van der Waals surface area contributed by atoms with Crippen LogP contribution in [0.25, 0.3) is 0 Å². The van der Waals surface area contributed by atoms with Gasteiger partial charge in [0.1, 0.15) is 11.6 Å². The molecule has 0 radical (unpaired) electrons. The third kappa shape index (κ3) is 4.57. The fourth-order valence-corrected chi connectivity index (χ4v) is 4.48. The van der Waals surface area contributed by atoms with Crippen LogP contribution in [-0.4, -0.2) is 35.8 Å². The molecule has 4 nitrogen and oxygen atoms in total. The van der Waals surface area contributed by atoms with Crippen molar-refractivity contribution in [1.29, 1.82) is 0 Å². The van der Waals surface area contributed by atoms with Gasteiger partial charge in [-0.2, -0.15) is 26.3 Å². The SMILES string of the molecule is CC(=O)N1CC(c2ccc(C3=NOC(c4cc(Cl)c(Cl)c(C(F)(F)F)c4)C3C(F)(F)F)cc2)C1. The van der Waals surface area contributed by atoms with Gasteiger partial charge in [0.05, 0.1) is 15.6 Å². The number of oxime groups is 1. The highest BCUT2D eigenvalue weighted by Crippen LogP contribution is 2.48. The lowest BCUT2D eigenvalue weighted by Crippen LogP contribution is -2.47. The second kappa shape index (κ2) is 8.64. The van der Waals surface area contributed by atoms with Crippen molar-refractivity contribution in [3.05, 3.63) is 68.7 Å². The minimum absolute atomic E-state index is 0.0552. The minimum Gasteiger partial charge on any atom is -0.386 e. The largest absolute Gasteiger partial charge is 0.417 e. The third-order valence-electron chi connectivity index (χ3n) is 5.90. The first-order chi connectivity index (χ1) is 15.8. The van der Waals surface area contributed by atoms with Crippen LogP contribution in [0.2, 0.25) is 10.0 Å². The second-order valence-corrected chi connectivity index (χ2v) is 8.91. The van der Waals surface area contributed by atoms with Crippen LogP contribution in [0.15, 0.2) is 41.6 Å². The van der Waals surface area contributed by atoms with Gasteiger partial charge >= 0.3 is 12.4 Å². The maximum absolute atomic E-state index is 14.1. The molecule has 2 aliphatic heterocycles. The van der Waals surface area contributed by atoms with Gasteiger partial charge in [0.15, 0.2) is 6.10 Å². The van der Waals surface area contributed by atoms with E-state index in [1.54, 1.807) is 17.0 Å². The van der Waals surface area contributed by atoms with E-state index in [0.717, 1.165) is 11.6 Å². The molecule has 1 amide bonds. The normalized spacial score (nSPS) is 21.2. The number of benzene rings is 2. The fourth-order valence-electron chi connectivity index (χ4n) is 4.04. The topological polar surface area (TPSA) is 41.9 Å². The Morgan fingerprint density at radius 3 is 2.18 bits per heavy atom. The predicted molar refractivity (Wildman–Crippen MR) is 113 cm³/mol. The lowest BCUT2D eigenvalue weighted by molar-refractivity contribution is -0.177. The predicted octanol–water partition coefficient (Wildman–Crippen LogP) is 6.61. The first-order valence-corrected chi connectivity index (χ1v) is 10.8. The Kier molecular flexibility index (Phi) is 6.27. The number of rotatable bonds is 3. The molecule has 0 aliphatic carbocycles. The smallest absolute Gasteiger partial charge is 0.386 e. The fraction of sp³-hybridized carbons (Fsp3) is 0.364. The molecule has 0 N–H and O–H groups in total. The Labute approximate surface area is 200 Å². The zero-order chi connectivity index (χ0) is 25.0. The van der Waals surface area contributed by atoms with Gasteiger partial charge in [-0.05, 0) is 23.3 Å². The number of carbonyl (C=O) groups is 1. The van der Waals surface area contributed by atoms with E-state index in [1.165, 1.54) is 19.1 Å². The van der Waals surface area contributed by atoms with Crippen molar-refractivity contribution in [3.8, 4) is 0 Å². The molecule has 34 heavy (non-hydrogen) atoms. The summed E-state index contributed by atoms with van der Waals surface area (Å²) < 4.78 is 82.1. The number of amides is 1. The van der Waals surface area contributed by atoms with E-state index in [-0.39, 0.29) is 17.4 Å². The molecule has 2 aromatic carbocycles. The molecule has 2 heterocycles. The molecule has 2 unspecified atom stereocenters. The molecule has 182 valence electrons. The van der Waals surface area contributed by atoms with Gasteiger partial charge in [-0.25, -0.2) is 0 Å². The number of likely N-dealkylation sites (tertiary alicyclic amines) is 1. The van der Waals surface area contributed by atoms with Crippen molar-refractivity contribution < 1.29 is 36.0 Å². The van der Waals surface area contributed by atoms with Crippen LogP contribution in [0.1, 0.15) is 41.2 Å². The number of nitrogens with zero attached hydrogens (tertiary/aromatic N) is 2. The van der Waals surface area contributed by atoms with E-state index in [4.69, 9.17) is 28.0 Å². The van der Waals surface area contributed by atoms with Gasteiger partial charge < -0.3 is 9.74 Å². The summed E-state index contributed by atoms with van der Waals surface area (Å²) in [5.41, 5.74) is -1.30. The van der Waals surface area contributed by atoms with Crippen LogP contribution in [0.4, 0.5) is 26.3 Å². The first-order valence-electron chi connectivity index (χ1n) is 9.99. The van der Waals surface area contributed by atoms with E-state index in [9.17, 15) is 31.1 Å². The Morgan fingerprint density at radius 2 is 1.65 bits per heavy atom. The van der Waals surface area contributed by atoms with Crippen molar-refractivity contribution in [2.75, 3.05) is 13.1 Å². The number of carbonyl (C=O) groups excluding carboxylic acids is 1. The lowest BCUT2D eigenvalue weighted by Gasteiger charge is -2.39. The van der Waals surface area contributed by atoms with Crippen LogP contribution < -0.4 is 0 Å². The minimum atomic E-state index is -4.93. The van der Waals surface area contributed by atoms with Gasteiger partial charge in [-0.15, -0.1) is 0 Å². The molecule has 0 aromatic heterocycles. The maximum atomic E-state index is 14.1. The van der Waals surface area contributed by atoms with Crippen LogP contribution in [0.3, 0.4) is 0 Å². The molecular weight excluding hydrogens is 509 g/mol. The highest BCUT2D eigenvalue weighted by molar-refractivity contribution is 6.42. The van der Waals surface area contributed by atoms with Crippen molar-refractivity contribution in [2.45, 2.75) is 31.3 Å². The first kappa shape index (κ1) is 24.7. The zero-order valence-corrected chi connectivity index (χ0v) is 18.9. The summed E-state index contributed by atoms with van der Waals surface area (Å²) in [6, 6.07) is 7.59. The van der Waals surface area contributed by atoms with Gasteiger partial charge in [-0.3, -0.25) is 4.79 Å². The van der Waals surface area contributed by atoms with Crippen molar-refractivity contribution in [1.82, 2.24) is 4.90 Å². The number of alkyl halides is 6. The van der Waals surface area contributed by atoms with Crippen molar-refractivity contribution in [3.63, 3.8) is 0 Å². The highest BCUT2D eigenvalue weighted by atomic mass is 35.5. The summed E-state index contributed by atoms with van der Waals surface area (Å²) in [7, 11) is 0. The van der Waals surface area contributed by atoms with Crippen molar-refractivity contribution >= 4 is 34.8 Å². The molecule has 1 fully saturated rings. The van der Waals surface area contributed by atoms with Crippen molar-refractivity contribution in [2.24, 2.45) is 11.1 Å². The van der Waals surface area contributed by atoms with E-state index < -0.39 is 51.3 Å². The maximum Gasteiger partial charge on any atom is 0.417 e. The molecular formula is C22H16Cl2F6N2O2. The molecule has 0 bridgehead atoms. The highest BCUT2D eigenvalue weighted by Gasteiger charge is 2.54. The third-order valence-corrected chi connectivity index (χ3v) is 6.71. The quantitative estimate of drug-likeness (QED) is 0.424. The van der Waals surface area contributed by atoms with E-state index in [0.29, 0.717) is 19.2 Å². The average molecular weight is 525 g/mol. The molecule has 0 spiro atoms. The van der Waals surface area contributed by atoms with Gasteiger partial charge in [0.25, 0.3) is 0 Å². The average Bonchev–Trinajstić information content (AvgIpc) is 3.14. The molecule has 4 rings (SSSR count). The van der Waals surface area contributed by atoms with Crippen LogP contribution in [0, 0.1) is 5.92 Å². The Morgan fingerprint density at radius 1 is 1.03 bits per heavy atom. The molecule has 1 saturated heterocycles. The molecule has 2 aromatic rings. The monoisotopic (exact) mass is 524 g/mol. The molecule has 2 aliphatic rings. The number of halogens is 8. The lowest BCUT2D eigenvalue weighted by atomic mass is 9.86. The summed E-state index contributed by atoms with van der Waals surface area (Å²) in [5, 5.41) is 2.23. The van der Waals surface area contributed by atoms with E-state index >= 15 is 0 Å². The summed E-state index contributed by atoms with van der Waals surface area (Å²) >= 11 is 11.4. The summed E-state index contributed by atoms with van der Waals surface area (Å²) in [5.74, 6) is -2.31. The van der Waals surface area contributed by atoms with Gasteiger partial charge in [0.2, 0.25) is 5.91 Å². The number of hydrogen-bond acceptors (Lipinski definition) is 3. The summed E-state index contributed by atoms with van der Waals surface area (Å²) in [4.78, 5) is 18.0. The Bertz CT molecular complexity index is 1140. The molecule has 2 atom stereocenters. The Balaban J connectivity index is 1.63. The van der Waals surface area contributed by atoms with Gasteiger partial charge in [0, 0.05) is 31.5 Å².